The van der Waals surface area contributed by atoms with Crippen molar-refractivity contribution in [3.05, 3.63) is 59.2 Å². The first-order valence-corrected chi connectivity index (χ1v) is 11.5. The second-order valence-electron chi connectivity index (χ2n) is 7.34. The molecule has 5 heteroatoms. The van der Waals surface area contributed by atoms with Crippen molar-refractivity contribution in [3.63, 3.8) is 0 Å². The van der Waals surface area contributed by atoms with Gasteiger partial charge in [0, 0.05) is 23.4 Å². The molecular formula is C24H31NO3S. The Kier molecular flexibility index (Phi) is 7.87. The van der Waals surface area contributed by atoms with Crippen LogP contribution in [-0.4, -0.2) is 37.3 Å². The molecule has 29 heavy (non-hydrogen) atoms. The van der Waals surface area contributed by atoms with Crippen LogP contribution in [0.1, 0.15) is 59.5 Å². The van der Waals surface area contributed by atoms with Gasteiger partial charge in [0.2, 0.25) is 0 Å². The van der Waals surface area contributed by atoms with Crippen molar-refractivity contribution in [1.82, 2.24) is 4.90 Å². The Morgan fingerprint density at radius 2 is 1.86 bits per heavy atom. The number of methoxy groups -OCH3 is 2. The number of amides is 1. The van der Waals surface area contributed by atoms with E-state index in [0.717, 1.165) is 41.3 Å². The Bertz CT molecular complexity index is 806. The number of unbranched alkanes of at least 4 members (excludes halogenated alkanes) is 3. The Hall–Kier alpha value is -2.14. The molecule has 0 saturated carbocycles. The van der Waals surface area contributed by atoms with Crippen molar-refractivity contribution in [1.29, 1.82) is 0 Å². The van der Waals surface area contributed by atoms with Gasteiger partial charge in [0.25, 0.3) is 5.91 Å². The summed E-state index contributed by atoms with van der Waals surface area (Å²) in [6.45, 7) is 2.96. The van der Waals surface area contributed by atoms with E-state index in [-0.39, 0.29) is 11.3 Å². The summed E-state index contributed by atoms with van der Waals surface area (Å²) >= 11 is 1.76. The number of ether oxygens (including phenoxy) is 2. The summed E-state index contributed by atoms with van der Waals surface area (Å²) in [6.07, 6.45) is 6.10. The molecule has 4 nitrogen and oxygen atoms in total. The Balaban J connectivity index is 1.73. The number of thioether (sulfide) groups is 1. The molecule has 1 heterocycles. The predicted octanol–water partition coefficient (Wildman–Crippen LogP) is 5.71. The molecule has 1 aliphatic rings. The molecule has 0 unspecified atom stereocenters. The fourth-order valence-electron chi connectivity index (χ4n) is 3.70. The number of hydrogen-bond donors (Lipinski definition) is 0. The van der Waals surface area contributed by atoms with E-state index >= 15 is 0 Å². The number of benzene rings is 2. The molecule has 1 atom stereocenters. The van der Waals surface area contributed by atoms with Gasteiger partial charge in [0.05, 0.1) is 14.2 Å². The van der Waals surface area contributed by atoms with E-state index < -0.39 is 0 Å². The lowest BCUT2D eigenvalue weighted by molar-refractivity contribution is 0.0759. The number of carbonyl (C=O) groups excluding carboxylic acids is 1. The van der Waals surface area contributed by atoms with Gasteiger partial charge in [-0.05, 0) is 48.7 Å². The second-order valence-corrected chi connectivity index (χ2v) is 8.53. The average Bonchev–Trinajstić information content (AvgIpc) is 3.26. The zero-order chi connectivity index (χ0) is 20.6. The molecule has 0 N–H and O–H groups in total. The lowest BCUT2D eigenvalue weighted by Gasteiger charge is -2.26. The van der Waals surface area contributed by atoms with Gasteiger partial charge >= 0.3 is 0 Å². The molecule has 1 saturated heterocycles. The van der Waals surface area contributed by atoms with Crippen LogP contribution in [0.3, 0.4) is 0 Å². The van der Waals surface area contributed by atoms with Crippen LogP contribution in [0.2, 0.25) is 0 Å². The van der Waals surface area contributed by atoms with Gasteiger partial charge in [0.1, 0.15) is 16.9 Å². The third-order valence-corrected chi connectivity index (χ3v) is 6.62. The van der Waals surface area contributed by atoms with Gasteiger partial charge in [-0.3, -0.25) is 4.79 Å². The first-order chi connectivity index (χ1) is 14.2. The number of nitrogens with zero attached hydrogens (tertiary/aromatic N) is 1. The fraction of sp³-hybridized carbons (Fsp3) is 0.458. The van der Waals surface area contributed by atoms with Gasteiger partial charge in [0.15, 0.2) is 0 Å². The highest BCUT2D eigenvalue weighted by Crippen LogP contribution is 2.43. The molecule has 0 radical (unpaired) electrons. The Labute approximate surface area is 178 Å². The maximum absolute atomic E-state index is 13.2. The maximum Gasteiger partial charge on any atom is 0.255 e. The standard InChI is InChI=1S/C24H31NO3S/c1-4-5-6-7-8-18-9-11-19(12-10-18)23(26)25-15-16-29-24(25)21-17-20(27-2)13-14-22(21)28-3/h9-14,17,24H,4-8,15-16H2,1-3H3/t24-/m1/s1. The van der Waals surface area contributed by atoms with Crippen molar-refractivity contribution in [2.75, 3.05) is 26.5 Å². The number of rotatable bonds is 9. The molecule has 1 aliphatic heterocycles. The van der Waals surface area contributed by atoms with E-state index in [0.29, 0.717) is 0 Å². The summed E-state index contributed by atoms with van der Waals surface area (Å²) in [5.41, 5.74) is 3.03. The summed E-state index contributed by atoms with van der Waals surface area (Å²) in [7, 11) is 3.32. The molecule has 3 rings (SSSR count). The molecule has 2 aromatic rings. The van der Waals surface area contributed by atoms with Gasteiger partial charge in [-0.25, -0.2) is 0 Å². The van der Waals surface area contributed by atoms with Gasteiger partial charge < -0.3 is 14.4 Å². The van der Waals surface area contributed by atoms with E-state index in [1.54, 1.807) is 26.0 Å². The zero-order valence-electron chi connectivity index (χ0n) is 17.6. The van der Waals surface area contributed by atoms with Crippen molar-refractivity contribution >= 4 is 17.7 Å². The second kappa shape index (κ2) is 10.6. The fourth-order valence-corrected chi connectivity index (χ4v) is 4.97. The monoisotopic (exact) mass is 413 g/mol. The minimum absolute atomic E-state index is 0.0683. The lowest BCUT2D eigenvalue weighted by atomic mass is 10.0. The third-order valence-electron chi connectivity index (χ3n) is 5.37. The van der Waals surface area contributed by atoms with Crippen LogP contribution in [0, 0.1) is 0 Å². The molecule has 1 amide bonds. The first kappa shape index (κ1) is 21.6. The van der Waals surface area contributed by atoms with E-state index in [1.165, 1.54) is 31.2 Å². The van der Waals surface area contributed by atoms with Crippen LogP contribution >= 0.6 is 11.8 Å². The van der Waals surface area contributed by atoms with Crippen LogP contribution < -0.4 is 9.47 Å². The van der Waals surface area contributed by atoms with E-state index in [1.807, 2.05) is 35.2 Å². The zero-order valence-corrected chi connectivity index (χ0v) is 18.5. The topological polar surface area (TPSA) is 38.8 Å². The van der Waals surface area contributed by atoms with Crippen LogP contribution in [0.5, 0.6) is 11.5 Å². The maximum atomic E-state index is 13.2. The van der Waals surface area contributed by atoms with Crippen LogP contribution in [0.4, 0.5) is 0 Å². The van der Waals surface area contributed by atoms with Gasteiger partial charge in [-0.15, -0.1) is 11.8 Å². The lowest BCUT2D eigenvalue weighted by Crippen LogP contribution is -2.30. The number of aryl methyl sites for hydroxylation is 1. The highest BCUT2D eigenvalue weighted by molar-refractivity contribution is 7.99. The normalized spacial score (nSPS) is 16.1. The van der Waals surface area contributed by atoms with E-state index in [9.17, 15) is 4.79 Å². The highest BCUT2D eigenvalue weighted by Gasteiger charge is 2.33. The van der Waals surface area contributed by atoms with Crippen molar-refractivity contribution in [3.8, 4) is 11.5 Å². The van der Waals surface area contributed by atoms with Crippen molar-refractivity contribution < 1.29 is 14.3 Å². The Morgan fingerprint density at radius 1 is 1.07 bits per heavy atom. The minimum atomic E-state index is -0.0683. The molecule has 0 aromatic heterocycles. The van der Waals surface area contributed by atoms with Gasteiger partial charge in [-0.1, -0.05) is 38.3 Å². The largest absolute Gasteiger partial charge is 0.497 e. The smallest absolute Gasteiger partial charge is 0.255 e. The molecule has 0 bridgehead atoms. The predicted molar refractivity (Wildman–Crippen MR) is 120 cm³/mol. The number of carbonyl (C=O) groups is 1. The minimum Gasteiger partial charge on any atom is -0.497 e. The highest BCUT2D eigenvalue weighted by atomic mass is 32.2. The summed E-state index contributed by atoms with van der Waals surface area (Å²) in [4.78, 5) is 15.2. The summed E-state index contributed by atoms with van der Waals surface area (Å²) < 4.78 is 10.9. The number of hydrogen-bond acceptors (Lipinski definition) is 4. The average molecular weight is 414 g/mol. The summed E-state index contributed by atoms with van der Waals surface area (Å²) in [5, 5.41) is -0.0683. The van der Waals surface area contributed by atoms with Gasteiger partial charge in [-0.2, -0.15) is 0 Å². The molecule has 1 fully saturated rings. The quantitative estimate of drug-likeness (QED) is 0.493. The van der Waals surface area contributed by atoms with E-state index in [2.05, 4.69) is 19.1 Å². The summed E-state index contributed by atoms with van der Waals surface area (Å²) in [6, 6.07) is 13.9. The molecule has 156 valence electrons. The molecule has 0 aliphatic carbocycles. The molecule has 2 aromatic carbocycles. The van der Waals surface area contributed by atoms with Crippen molar-refractivity contribution in [2.45, 2.75) is 44.4 Å². The summed E-state index contributed by atoms with van der Waals surface area (Å²) in [5.74, 6) is 2.53. The third kappa shape index (κ3) is 5.27. The van der Waals surface area contributed by atoms with Crippen LogP contribution in [0.25, 0.3) is 0 Å². The van der Waals surface area contributed by atoms with Crippen molar-refractivity contribution in [2.24, 2.45) is 0 Å². The van der Waals surface area contributed by atoms with Crippen LogP contribution in [0.15, 0.2) is 42.5 Å². The molecule has 0 spiro atoms. The van der Waals surface area contributed by atoms with E-state index in [4.69, 9.17) is 9.47 Å². The van der Waals surface area contributed by atoms with Crippen LogP contribution in [-0.2, 0) is 6.42 Å². The Morgan fingerprint density at radius 3 is 2.55 bits per heavy atom. The first-order valence-electron chi connectivity index (χ1n) is 10.4. The SMILES string of the molecule is CCCCCCc1ccc(C(=O)N2CCS[C@@H]2c2cc(OC)ccc2OC)cc1. The molecular weight excluding hydrogens is 382 g/mol.